The van der Waals surface area contributed by atoms with Crippen LogP contribution in [-0.4, -0.2) is 39.5 Å². The summed E-state index contributed by atoms with van der Waals surface area (Å²) in [6.07, 6.45) is -0.945. The molecule has 0 unspecified atom stereocenters. The Labute approximate surface area is 106 Å². The van der Waals surface area contributed by atoms with Crippen molar-refractivity contribution >= 4 is 17.5 Å². The Kier molecular flexibility index (Phi) is 3.43. The highest BCUT2D eigenvalue weighted by Crippen LogP contribution is 2.31. The van der Waals surface area contributed by atoms with E-state index in [1.807, 2.05) is 0 Å². The van der Waals surface area contributed by atoms with Crippen molar-refractivity contribution in [1.82, 2.24) is 14.9 Å². The highest BCUT2D eigenvalue weighted by Gasteiger charge is 2.41. The van der Waals surface area contributed by atoms with Gasteiger partial charge in [0, 0.05) is 6.04 Å². The first kappa shape index (κ1) is 13.1. The minimum atomic E-state index is -4.43. The first-order valence-corrected chi connectivity index (χ1v) is 5.60. The number of carbonyl (C=O) groups excluding carboxylic acids is 1. The van der Waals surface area contributed by atoms with Crippen molar-refractivity contribution in [3.05, 3.63) is 23.2 Å². The van der Waals surface area contributed by atoms with Crippen molar-refractivity contribution in [2.75, 3.05) is 6.54 Å². The van der Waals surface area contributed by atoms with E-state index in [9.17, 15) is 18.0 Å². The van der Waals surface area contributed by atoms with Crippen LogP contribution >= 0.6 is 11.6 Å². The van der Waals surface area contributed by atoms with Crippen LogP contribution in [0.1, 0.15) is 23.3 Å². The third-order valence-electron chi connectivity index (χ3n) is 2.42. The van der Waals surface area contributed by atoms with Crippen LogP contribution < -0.4 is 0 Å². The number of halogens is 4. The van der Waals surface area contributed by atoms with Crippen LogP contribution in [0.2, 0.25) is 5.15 Å². The third kappa shape index (κ3) is 3.32. The molecule has 1 aromatic rings. The molecule has 0 bridgehead atoms. The topological polar surface area (TPSA) is 46.1 Å². The quantitative estimate of drug-likeness (QED) is 0.853. The Morgan fingerprint density at radius 1 is 1.44 bits per heavy atom. The SMILES string of the molecule is O=C(c1cncc(Cl)n1)N(CC(F)(F)F)C1CC1. The van der Waals surface area contributed by atoms with Crippen molar-refractivity contribution in [3.8, 4) is 0 Å². The van der Waals surface area contributed by atoms with E-state index in [1.54, 1.807) is 0 Å². The lowest BCUT2D eigenvalue weighted by Crippen LogP contribution is -2.40. The second kappa shape index (κ2) is 4.72. The van der Waals surface area contributed by atoms with E-state index in [0.29, 0.717) is 12.8 Å². The molecule has 4 nitrogen and oxygen atoms in total. The van der Waals surface area contributed by atoms with Gasteiger partial charge in [-0.05, 0) is 12.8 Å². The first-order chi connectivity index (χ1) is 8.37. The average Bonchev–Trinajstić information content (AvgIpc) is 3.07. The van der Waals surface area contributed by atoms with E-state index in [1.165, 1.54) is 6.20 Å². The van der Waals surface area contributed by atoms with Crippen molar-refractivity contribution < 1.29 is 18.0 Å². The van der Waals surface area contributed by atoms with Crippen molar-refractivity contribution in [1.29, 1.82) is 0 Å². The van der Waals surface area contributed by atoms with Gasteiger partial charge in [-0.1, -0.05) is 11.6 Å². The summed E-state index contributed by atoms with van der Waals surface area (Å²) in [5.41, 5.74) is -0.168. The smallest absolute Gasteiger partial charge is 0.325 e. The van der Waals surface area contributed by atoms with Crippen LogP contribution in [0.3, 0.4) is 0 Å². The standard InChI is InChI=1S/C10H9ClF3N3O/c11-8-4-15-3-7(16-8)9(18)17(6-1-2-6)5-10(12,13)14/h3-4,6H,1-2,5H2. The van der Waals surface area contributed by atoms with Crippen LogP contribution in [0.5, 0.6) is 0 Å². The number of hydrogen-bond donors (Lipinski definition) is 0. The average molecular weight is 280 g/mol. The van der Waals surface area contributed by atoms with Gasteiger partial charge in [-0.15, -0.1) is 0 Å². The molecule has 1 aliphatic rings. The van der Waals surface area contributed by atoms with Gasteiger partial charge in [0.1, 0.15) is 17.4 Å². The predicted molar refractivity (Wildman–Crippen MR) is 57.2 cm³/mol. The molecular formula is C10H9ClF3N3O. The summed E-state index contributed by atoms with van der Waals surface area (Å²) < 4.78 is 37.2. The highest BCUT2D eigenvalue weighted by molar-refractivity contribution is 6.29. The maximum atomic E-state index is 12.4. The van der Waals surface area contributed by atoms with E-state index in [4.69, 9.17) is 11.6 Å². The molecule has 0 radical (unpaired) electrons. The van der Waals surface area contributed by atoms with Crippen LogP contribution in [0.4, 0.5) is 13.2 Å². The Morgan fingerprint density at radius 2 is 2.11 bits per heavy atom. The van der Waals surface area contributed by atoms with E-state index in [0.717, 1.165) is 11.1 Å². The molecule has 1 fully saturated rings. The van der Waals surface area contributed by atoms with Gasteiger partial charge in [0.2, 0.25) is 0 Å². The molecule has 0 aliphatic heterocycles. The number of rotatable bonds is 3. The largest absolute Gasteiger partial charge is 0.406 e. The lowest BCUT2D eigenvalue weighted by Gasteiger charge is -2.23. The molecule has 98 valence electrons. The lowest BCUT2D eigenvalue weighted by molar-refractivity contribution is -0.141. The molecule has 1 saturated carbocycles. The molecule has 1 amide bonds. The van der Waals surface area contributed by atoms with E-state index >= 15 is 0 Å². The zero-order valence-corrected chi connectivity index (χ0v) is 9.87. The van der Waals surface area contributed by atoms with Crippen molar-refractivity contribution in [3.63, 3.8) is 0 Å². The van der Waals surface area contributed by atoms with Gasteiger partial charge in [0.15, 0.2) is 0 Å². The zero-order valence-electron chi connectivity index (χ0n) is 9.12. The number of nitrogens with zero attached hydrogens (tertiary/aromatic N) is 3. The van der Waals surface area contributed by atoms with Gasteiger partial charge < -0.3 is 4.90 Å². The van der Waals surface area contributed by atoms with Gasteiger partial charge in [-0.2, -0.15) is 13.2 Å². The molecule has 2 rings (SSSR count). The van der Waals surface area contributed by atoms with Gasteiger partial charge in [0.25, 0.3) is 5.91 Å². The predicted octanol–water partition coefficient (Wildman–Crippen LogP) is 2.30. The summed E-state index contributed by atoms with van der Waals surface area (Å²) in [7, 11) is 0. The van der Waals surface area contributed by atoms with Crippen LogP contribution in [-0.2, 0) is 0 Å². The van der Waals surface area contributed by atoms with Crippen LogP contribution in [0.25, 0.3) is 0 Å². The number of alkyl halides is 3. The molecule has 0 N–H and O–H groups in total. The normalized spacial score (nSPS) is 15.6. The molecule has 0 atom stereocenters. The fourth-order valence-corrected chi connectivity index (χ4v) is 1.69. The van der Waals surface area contributed by atoms with Crippen molar-refractivity contribution in [2.24, 2.45) is 0 Å². The second-order valence-electron chi connectivity index (χ2n) is 4.01. The minimum absolute atomic E-state index is 0.0244. The van der Waals surface area contributed by atoms with Crippen LogP contribution in [0, 0.1) is 0 Å². The molecule has 0 saturated heterocycles. The fraction of sp³-hybridized carbons (Fsp3) is 0.500. The van der Waals surface area contributed by atoms with Crippen molar-refractivity contribution in [2.45, 2.75) is 25.1 Å². The molecular weight excluding hydrogens is 271 g/mol. The zero-order chi connectivity index (χ0) is 13.3. The lowest BCUT2D eigenvalue weighted by atomic mass is 10.3. The maximum Gasteiger partial charge on any atom is 0.406 e. The molecule has 1 aromatic heterocycles. The Hall–Kier alpha value is -1.37. The summed E-state index contributed by atoms with van der Waals surface area (Å²) in [4.78, 5) is 20.0. The number of hydrogen-bond acceptors (Lipinski definition) is 3. The Balaban J connectivity index is 2.18. The fourth-order valence-electron chi connectivity index (χ4n) is 1.54. The minimum Gasteiger partial charge on any atom is -0.325 e. The van der Waals surface area contributed by atoms with Gasteiger partial charge in [-0.25, -0.2) is 4.98 Å². The molecule has 1 aliphatic carbocycles. The summed E-state index contributed by atoms with van der Waals surface area (Å²) in [5.74, 6) is -0.787. The second-order valence-corrected chi connectivity index (χ2v) is 4.39. The van der Waals surface area contributed by atoms with E-state index in [-0.39, 0.29) is 16.9 Å². The Bertz CT molecular complexity index is 462. The monoisotopic (exact) mass is 279 g/mol. The summed E-state index contributed by atoms with van der Waals surface area (Å²) >= 11 is 5.56. The van der Waals surface area contributed by atoms with Crippen LogP contribution in [0.15, 0.2) is 12.4 Å². The summed E-state index contributed by atoms with van der Waals surface area (Å²) in [6.45, 7) is -1.27. The number of carbonyl (C=O) groups is 1. The first-order valence-electron chi connectivity index (χ1n) is 5.22. The highest BCUT2D eigenvalue weighted by atomic mass is 35.5. The summed E-state index contributed by atoms with van der Waals surface area (Å²) in [6, 6.07) is -0.361. The summed E-state index contributed by atoms with van der Waals surface area (Å²) in [5, 5.41) is -0.0244. The number of aromatic nitrogens is 2. The Morgan fingerprint density at radius 3 is 2.61 bits per heavy atom. The van der Waals surface area contributed by atoms with E-state index in [2.05, 4.69) is 9.97 Å². The molecule has 0 aromatic carbocycles. The van der Waals surface area contributed by atoms with Gasteiger partial charge in [0.05, 0.1) is 12.4 Å². The molecule has 1 heterocycles. The third-order valence-corrected chi connectivity index (χ3v) is 2.60. The van der Waals surface area contributed by atoms with Gasteiger partial charge in [-0.3, -0.25) is 9.78 Å². The van der Waals surface area contributed by atoms with Gasteiger partial charge >= 0.3 is 6.18 Å². The maximum absolute atomic E-state index is 12.4. The number of amides is 1. The molecule has 0 spiro atoms. The molecule has 18 heavy (non-hydrogen) atoms. The van der Waals surface area contributed by atoms with E-state index < -0.39 is 18.6 Å². The molecule has 8 heteroatoms.